The summed E-state index contributed by atoms with van der Waals surface area (Å²) in [6.45, 7) is 2.06. The molecule has 0 saturated heterocycles. The Balaban J connectivity index is 2.05. The number of nitrogens with two attached hydrogens (primary N) is 1. The molecule has 4 aromatic rings. The summed E-state index contributed by atoms with van der Waals surface area (Å²) in [6, 6.07) is 14.0. The summed E-state index contributed by atoms with van der Waals surface area (Å²) in [5.74, 6) is 1.11. The number of nitrogen functional groups attached to an aromatic ring is 1. The van der Waals surface area contributed by atoms with E-state index in [-0.39, 0.29) is 0 Å². The van der Waals surface area contributed by atoms with Crippen LogP contribution in [-0.2, 0) is 0 Å². The van der Waals surface area contributed by atoms with E-state index < -0.39 is 0 Å². The second kappa shape index (κ2) is 5.21. The van der Waals surface area contributed by atoms with Gasteiger partial charge in [-0.1, -0.05) is 29.8 Å². The summed E-state index contributed by atoms with van der Waals surface area (Å²) < 4.78 is 5.55. The molecule has 0 atom stereocenters. The van der Waals surface area contributed by atoms with Crippen LogP contribution >= 0.6 is 0 Å². The van der Waals surface area contributed by atoms with Gasteiger partial charge >= 0.3 is 0 Å². The average molecular weight is 302 g/mol. The molecule has 5 heteroatoms. The van der Waals surface area contributed by atoms with Gasteiger partial charge in [0, 0.05) is 5.56 Å². The Morgan fingerprint density at radius 1 is 1.04 bits per heavy atom. The number of hydrogen-bond acceptors (Lipinski definition) is 5. The van der Waals surface area contributed by atoms with Crippen molar-refractivity contribution in [3.05, 3.63) is 60.6 Å². The molecule has 0 aliphatic carbocycles. The third-order valence-corrected chi connectivity index (χ3v) is 3.77. The third kappa shape index (κ3) is 2.32. The molecule has 2 N–H and O–H groups in total. The van der Waals surface area contributed by atoms with Crippen molar-refractivity contribution in [2.45, 2.75) is 6.92 Å². The van der Waals surface area contributed by atoms with Crippen molar-refractivity contribution in [1.29, 1.82) is 0 Å². The third-order valence-electron chi connectivity index (χ3n) is 3.77. The van der Waals surface area contributed by atoms with Gasteiger partial charge in [-0.05, 0) is 30.7 Å². The van der Waals surface area contributed by atoms with Crippen molar-refractivity contribution in [1.82, 2.24) is 15.0 Å². The SMILES string of the molecule is Cc1ccc(-c2cc3c(N)ncnc3nc2-c2ccco2)cc1. The molecule has 112 valence electrons. The van der Waals surface area contributed by atoms with E-state index in [4.69, 9.17) is 10.2 Å². The fourth-order valence-corrected chi connectivity index (χ4v) is 2.56. The molecule has 0 spiro atoms. The first-order valence-corrected chi connectivity index (χ1v) is 7.24. The minimum Gasteiger partial charge on any atom is -0.463 e. The smallest absolute Gasteiger partial charge is 0.165 e. The lowest BCUT2D eigenvalue weighted by atomic mass is 10.00. The molecule has 0 bridgehead atoms. The van der Waals surface area contributed by atoms with Crippen molar-refractivity contribution < 1.29 is 4.42 Å². The van der Waals surface area contributed by atoms with Gasteiger partial charge in [0.05, 0.1) is 11.6 Å². The predicted molar refractivity (Wildman–Crippen MR) is 89.6 cm³/mol. The molecule has 4 rings (SSSR count). The van der Waals surface area contributed by atoms with E-state index in [2.05, 4.69) is 46.1 Å². The number of benzene rings is 1. The summed E-state index contributed by atoms with van der Waals surface area (Å²) in [4.78, 5) is 12.9. The number of hydrogen-bond donors (Lipinski definition) is 1. The maximum atomic E-state index is 5.98. The van der Waals surface area contributed by atoms with Gasteiger partial charge in [-0.15, -0.1) is 0 Å². The van der Waals surface area contributed by atoms with Crippen molar-refractivity contribution >= 4 is 16.9 Å². The van der Waals surface area contributed by atoms with E-state index in [1.807, 2.05) is 18.2 Å². The van der Waals surface area contributed by atoms with Crippen molar-refractivity contribution in [3.8, 4) is 22.6 Å². The summed E-state index contributed by atoms with van der Waals surface area (Å²) in [5.41, 5.74) is 10.5. The zero-order chi connectivity index (χ0) is 15.8. The first-order chi connectivity index (χ1) is 11.2. The zero-order valence-corrected chi connectivity index (χ0v) is 12.5. The molecule has 0 amide bonds. The molecule has 5 nitrogen and oxygen atoms in total. The molecule has 0 unspecified atom stereocenters. The molecule has 0 saturated carbocycles. The normalized spacial score (nSPS) is 11.0. The van der Waals surface area contributed by atoms with Crippen LogP contribution in [0.15, 0.2) is 59.5 Å². The van der Waals surface area contributed by atoms with Crippen LogP contribution in [0.25, 0.3) is 33.6 Å². The Bertz CT molecular complexity index is 976. The molecule has 0 aliphatic rings. The first-order valence-electron chi connectivity index (χ1n) is 7.24. The van der Waals surface area contributed by atoms with Crippen LogP contribution in [0.2, 0.25) is 0 Å². The molecule has 0 aliphatic heterocycles. The van der Waals surface area contributed by atoms with Crippen molar-refractivity contribution in [2.24, 2.45) is 0 Å². The van der Waals surface area contributed by atoms with E-state index in [1.165, 1.54) is 11.9 Å². The highest BCUT2D eigenvalue weighted by Gasteiger charge is 2.15. The highest BCUT2D eigenvalue weighted by atomic mass is 16.3. The Kier molecular flexibility index (Phi) is 3.05. The van der Waals surface area contributed by atoms with E-state index in [0.717, 1.165) is 22.2 Å². The van der Waals surface area contributed by atoms with Gasteiger partial charge in [0.15, 0.2) is 11.4 Å². The number of aryl methyl sites for hydroxylation is 1. The van der Waals surface area contributed by atoms with Gasteiger partial charge in [-0.2, -0.15) is 0 Å². The monoisotopic (exact) mass is 302 g/mol. The second-order valence-corrected chi connectivity index (χ2v) is 5.36. The lowest BCUT2D eigenvalue weighted by molar-refractivity contribution is 0.580. The lowest BCUT2D eigenvalue weighted by Gasteiger charge is -2.10. The van der Waals surface area contributed by atoms with Gasteiger partial charge in [0.25, 0.3) is 0 Å². The van der Waals surface area contributed by atoms with E-state index in [0.29, 0.717) is 17.2 Å². The largest absolute Gasteiger partial charge is 0.463 e. The average Bonchev–Trinajstić information content (AvgIpc) is 3.09. The van der Waals surface area contributed by atoms with Gasteiger partial charge in [0.1, 0.15) is 17.8 Å². The van der Waals surface area contributed by atoms with E-state index in [1.54, 1.807) is 6.26 Å². The van der Waals surface area contributed by atoms with Gasteiger partial charge in [-0.25, -0.2) is 15.0 Å². The molecule has 3 heterocycles. The van der Waals surface area contributed by atoms with Crippen molar-refractivity contribution in [2.75, 3.05) is 5.73 Å². The van der Waals surface area contributed by atoms with Crippen LogP contribution in [-0.4, -0.2) is 15.0 Å². The Labute approximate surface area is 132 Å². The fourth-order valence-electron chi connectivity index (χ4n) is 2.56. The number of aromatic nitrogens is 3. The van der Waals surface area contributed by atoms with Crippen LogP contribution in [0, 0.1) is 6.92 Å². The summed E-state index contributed by atoms with van der Waals surface area (Å²) >= 11 is 0. The van der Waals surface area contributed by atoms with Crippen LogP contribution in [0.4, 0.5) is 5.82 Å². The molecule has 0 radical (unpaired) electrons. The molecule has 1 aromatic carbocycles. The molecule has 23 heavy (non-hydrogen) atoms. The number of fused-ring (bicyclic) bond motifs is 1. The number of nitrogens with zero attached hydrogens (tertiary/aromatic N) is 3. The van der Waals surface area contributed by atoms with Crippen LogP contribution in [0.1, 0.15) is 5.56 Å². The highest BCUT2D eigenvalue weighted by molar-refractivity contribution is 5.93. The predicted octanol–water partition coefficient (Wildman–Crippen LogP) is 3.84. The molecule has 0 fully saturated rings. The summed E-state index contributed by atoms with van der Waals surface area (Å²) in [6.07, 6.45) is 3.05. The van der Waals surface area contributed by atoms with Gasteiger partial charge < -0.3 is 10.2 Å². The second-order valence-electron chi connectivity index (χ2n) is 5.36. The lowest BCUT2D eigenvalue weighted by Crippen LogP contribution is -1.98. The maximum absolute atomic E-state index is 5.98. The standard InChI is InChI=1S/C18H14N4O/c1-11-4-6-12(7-5-11)13-9-14-17(19)20-10-21-18(14)22-16(13)15-3-2-8-23-15/h2-10H,1H3,(H2,19,20,21,22). The maximum Gasteiger partial charge on any atom is 0.165 e. The first kappa shape index (κ1) is 13.5. The summed E-state index contributed by atoms with van der Waals surface area (Å²) in [7, 11) is 0. The highest BCUT2D eigenvalue weighted by Crippen LogP contribution is 2.34. The fraction of sp³-hybridized carbons (Fsp3) is 0.0556. The topological polar surface area (TPSA) is 77.8 Å². The minimum absolute atomic E-state index is 0.418. The summed E-state index contributed by atoms with van der Waals surface area (Å²) in [5, 5.41) is 0.735. The number of furan rings is 1. The Morgan fingerprint density at radius 3 is 2.61 bits per heavy atom. The molecular weight excluding hydrogens is 288 g/mol. The van der Waals surface area contributed by atoms with Gasteiger partial charge in [0.2, 0.25) is 0 Å². The molecule has 3 aromatic heterocycles. The minimum atomic E-state index is 0.418. The number of anilines is 1. The van der Waals surface area contributed by atoms with E-state index in [9.17, 15) is 0 Å². The Hall–Kier alpha value is -3.21. The van der Waals surface area contributed by atoms with E-state index >= 15 is 0 Å². The van der Waals surface area contributed by atoms with Crippen LogP contribution in [0.3, 0.4) is 0 Å². The van der Waals surface area contributed by atoms with Crippen LogP contribution < -0.4 is 5.73 Å². The number of rotatable bonds is 2. The molecular formula is C18H14N4O. The van der Waals surface area contributed by atoms with Crippen molar-refractivity contribution in [3.63, 3.8) is 0 Å². The number of pyridine rings is 1. The Morgan fingerprint density at radius 2 is 1.87 bits per heavy atom. The quantitative estimate of drug-likeness (QED) is 0.608. The zero-order valence-electron chi connectivity index (χ0n) is 12.5. The van der Waals surface area contributed by atoms with Gasteiger partial charge in [-0.3, -0.25) is 0 Å². The van der Waals surface area contributed by atoms with Crippen LogP contribution in [0.5, 0.6) is 0 Å².